The Balaban J connectivity index is 1.88. The molecule has 10 heteroatoms. The van der Waals surface area contributed by atoms with Crippen LogP contribution in [0.2, 0.25) is 0 Å². The van der Waals surface area contributed by atoms with Crippen LogP contribution in [-0.2, 0) is 20.4 Å². The number of rotatable bonds is 8. The van der Waals surface area contributed by atoms with Crippen LogP contribution in [0.5, 0.6) is 5.75 Å². The van der Waals surface area contributed by atoms with Crippen LogP contribution in [0.25, 0.3) is 5.65 Å². The summed E-state index contributed by atoms with van der Waals surface area (Å²) < 4.78 is 46.2. The molecule has 0 radical (unpaired) electrons. The first kappa shape index (κ1) is 18.8. The third-order valence-corrected chi connectivity index (χ3v) is 5.35. The van der Waals surface area contributed by atoms with Crippen molar-refractivity contribution in [1.29, 1.82) is 0 Å². The normalized spacial score (nSPS) is 11.5. The molecule has 0 atom stereocenters. The Morgan fingerprint density at radius 1 is 1.33 bits per heavy atom. The first-order valence-corrected chi connectivity index (χ1v) is 9.68. The number of fused-ring (bicyclic) bond motifs is 1. The van der Waals surface area contributed by atoms with Crippen LogP contribution in [0, 0.1) is 12.7 Å². The number of carbonyl (C=O) groups is 1. The predicted octanol–water partition coefficient (Wildman–Crippen LogP) is 1.28. The van der Waals surface area contributed by atoms with E-state index < -0.39 is 21.4 Å². The van der Waals surface area contributed by atoms with E-state index in [0.29, 0.717) is 12.1 Å². The second-order valence-electron chi connectivity index (χ2n) is 5.79. The Morgan fingerprint density at radius 3 is 2.93 bits per heavy atom. The molecule has 0 unspecified atom stereocenters. The number of aryl methyl sites for hydroxylation is 1. The molecule has 0 bridgehead atoms. The van der Waals surface area contributed by atoms with Gasteiger partial charge in [-0.15, -0.1) is 0 Å². The van der Waals surface area contributed by atoms with E-state index in [4.69, 9.17) is 4.74 Å². The highest BCUT2D eigenvalue weighted by Crippen LogP contribution is 2.25. The highest BCUT2D eigenvalue weighted by atomic mass is 32.2. The Hall–Kier alpha value is -3.01. The predicted molar refractivity (Wildman–Crippen MR) is 94.6 cm³/mol. The van der Waals surface area contributed by atoms with Crippen molar-refractivity contribution in [3.05, 3.63) is 53.6 Å². The number of ether oxygens (including phenoxy) is 1. The molecule has 1 N–H and O–H groups in total. The van der Waals surface area contributed by atoms with Crippen LogP contribution in [0.1, 0.15) is 11.1 Å². The maximum absolute atomic E-state index is 13.7. The molecule has 1 aromatic carbocycles. The van der Waals surface area contributed by atoms with E-state index in [9.17, 15) is 17.6 Å². The number of benzene rings is 1. The van der Waals surface area contributed by atoms with E-state index in [-0.39, 0.29) is 29.5 Å². The summed E-state index contributed by atoms with van der Waals surface area (Å²) in [5.41, 5.74) is 1.35. The highest BCUT2D eigenvalue weighted by molar-refractivity contribution is 7.90. The average Bonchev–Trinajstić information content (AvgIpc) is 3.00. The first-order valence-electron chi connectivity index (χ1n) is 8.03. The van der Waals surface area contributed by atoms with Crippen molar-refractivity contribution in [3.63, 3.8) is 0 Å². The van der Waals surface area contributed by atoms with Gasteiger partial charge in [-0.2, -0.15) is 5.10 Å². The van der Waals surface area contributed by atoms with Crippen molar-refractivity contribution >= 4 is 21.9 Å². The molecular weight excluding hydrogens is 375 g/mol. The Bertz CT molecular complexity index is 1080. The molecule has 8 nitrogen and oxygen atoms in total. The number of amides is 1. The van der Waals surface area contributed by atoms with Crippen molar-refractivity contribution in [2.24, 2.45) is 0 Å². The van der Waals surface area contributed by atoms with Gasteiger partial charge < -0.3 is 10.1 Å². The standard InChI is InChI=1S/C17H17FN4O4S/c1-12-9-20-22-6-4-16(21-17(12)22)27(24,25)10-13-8-14(18)2-3-15(13)26-7-5-19-11-23/h2-4,6,8-9,11H,5,7,10H2,1H3,(H,19,23). The summed E-state index contributed by atoms with van der Waals surface area (Å²) in [5, 5.41) is 6.36. The molecule has 0 aliphatic carbocycles. The number of aromatic nitrogens is 3. The van der Waals surface area contributed by atoms with Gasteiger partial charge in [0.15, 0.2) is 20.5 Å². The van der Waals surface area contributed by atoms with Gasteiger partial charge in [-0.25, -0.2) is 22.3 Å². The molecule has 27 heavy (non-hydrogen) atoms. The van der Waals surface area contributed by atoms with Gasteiger partial charge in [-0.1, -0.05) is 0 Å². The molecule has 3 aromatic rings. The van der Waals surface area contributed by atoms with Gasteiger partial charge in [0.05, 0.1) is 18.5 Å². The molecule has 3 rings (SSSR count). The zero-order chi connectivity index (χ0) is 19.4. The zero-order valence-electron chi connectivity index (χ0n) is 14.4. The van der Waals surface area contributed by atoms with Crippen LogP contribution in [0.15, 0.2) is 41.7 Å². The van der Waals surface area contributed by atoms with Crippen LogP contribution in [0.4, 0.5) is 4.39 Å². The van der Waals surface area contributed by atoms with Gasteiger partial charge >= 0.3 is 0 Å². The summed E-state index contributed by atoms with van der Waals surface area (Å²) in [6.07, 6.45) is 3.63. The number of nitrogens with zero attached hydrogens (tertiary/aromatic N) is 3. The average molecular weight is 392 g/mol. The number of nitrogens with one attached hydrogen (secondary N) is 1. The van der Waals surface area contributed by atoms with E-state index in [0.717, 1.165) is 11.6 Å². The molecular formula is C17H17FN4O4S. The van der Waals surface area contributed by atoms with Gasteiger partial charge in [-0.05, 0) is 31.2 Å². The van der Waals surface area contributed by atoms with Gasteiger partial charge in [0.25, 0.3) is 0 Å². The minimum absolute atomic E-state index is 0.122. The van der Waals surface area contributed by atoms with Gasteiger partial charge in [0.1, 0.15) is 18.2 Å². The second-order valence-corrected chi connectivity index (χ2v) is 7.73. The number of carbonyl (C=O) groups excluding carboxylic acids is 1. The molecule has 0 aliphatic heterocycles. The third kappa shape index (κ3) is 4.22. The minimum Gasteiger partial charge on any atom is -0.491 e. The van der Waals surface area contributed by atoms with Gasteiger partial charge in [0, 0.05) is 17.3 Å². The van der Waals surface area contributed by atoms with E-state index in [1.165, 1.54) is 28.9 Å². The third-order valence-electron chi connectivity index (χ3n) is 3.79. The lowest BCUT2D eigenvalue weighted by Gasteiger charge is -2.12. The minimum atomic E-state index is -3.84. The van der Waals surface area contributed by atoms with Crippen molar-refractivity contribution in [3.8, 4) is 5.75 Å². The fourth-order valence-corrected chi connectivity index (χ4v) is 3.78. The Labute approximate surface area is 154 Å². The van der Waals surface area contributed by atoms with Crippen LogP contribution in [0.3, 0.4) is 0 Å². The number of halogens is 1. The molecule has 142 valence electrons. The van der Waals surface area contributed by atoms with E-state index in [1.807, 2.05) is 0 Å². The van der Waals surface area contributed by atoms with Gasteiger partial charge in [-0.3, -0.25) is 4.79 Å². The Kier molecular flexibility index (Phi) is 5.36. The van der Waals surface area contributed by atoms with E-state index in [2.05, 4.69) is 15.4 Å². The summed E-state index contributed by atoms with van der Waals surface area (Å²) in [4.78, 5) is 14.4. The smallest absolute Gasteiger partial charge is 0.207 e. The van der Waals surface area contributed by atoms with Crippen LogP contribution < -0.4 is 10.1 Å². The fraction of sp³-hybridized carbons (Fsp3) is 0.235. The Morgan fingerprint density at radius 2 is 2.15 bits per heavy atom. The molecule has 1 amide bonds. The lowest BCUT2D eigenvalue weighted by Crippen LogP contribution is -2.19. The lowest BCUT2D eigenvalue weighted by atomic mass is 10.2. The maximum Gasteiger partial charge on any atom is 0.207 e. The van der Waals surface area contributed by atoms with E-state index >= 15 is 0 Å². The summed E-state index contributed by atoms with van der Waals surface area (Å²) in [6, 6.07) is 5.00. The highest BCUT2D eigenvalue weighted by Gasteiger charge is 2.21. The zero-order valence-corrected chi connectivity index (χ0v) is 15.2. The first-order chi connectivity index (χ1) is 12.9. The SMILES string of the molecule is Cc1cnn2ccc(S(=O)(=O)Cc3cc(F)ccc3OCCNC=O)nc12. The second kappa shape index (κ2) is 7.70. The van der Waals surface area contributed by atoms with Crippen LogP contribution >= 0.6 is 0 Å². The number of sulfone groups is 1. The van der Waals surface area contributed by atoms with Crippen molar-refractivity contribution < 1.29 is 22.3 Å². The van der Waals surface area contributed by atoms with Crippen molar-refractivity contribution in [2.75, 3.05) is 13.2 Å². The summed E-state index contributed by atoms with van der Waals surface area (Å²) in [7, 11) is -3.84. The summed E-state index contributed by atoms with van der Waals surface area (Å²) >= 11 is 0. The molecule has 0 saturated heterocycles. The van der Waals surface area contributed by atoms with Crippen molar-refractivity contribution in [2.45, 2.75) is 17.7 Å². The summed E-state index contributed by atoms with van der Waals surface area (Å²) in [6.45, 7) is 2.14. The van der Waals surface area contributed by atoms with E-state index in [1.54, 1.807) is 13.1 Å². The fourth-order valence-electron chi connectivity index (χ4n) is 2.50. The topological polar surface area (TPSA) is 103 Å². The largest absolute Gasteiger partial charge is 0.491 e. The molecule has 0 saturated carbocycles. The maximum atomic E-state index is 13.7. The van der Waals surface area contributed by atoms with Crippen LogP contribution in [-0.4, -0.2) is 42.6 Å². The monoisotopic (exact) mass is 392 g/mol. The molecule has 0 spiro atoms. The van der Waals surface area contributed by atoms with Crippen molar-refractivity contribution in [1.82, 2.24) is 19.9 Å². The lowest BCUT2D eigenvalue weighted by molar-refractivity contribution is -0.109. The quantitative estimate of drug-likeness (QED) is 0.352. The molecule has 2 heterocycles. The molecule has 0 fully saturated rings. The molecule has 0 aliphatic rings. The number of hydrogen-bond acceptors (Lipinski definition) is 6. The number of hydrogen-bond donors (Lipinski definition) is 1. The molecule has 2 aromatic heterocycles. The summed E-state index contributed by atoms with van der Waals surface area (Å²) in [5.74, 6) is -0.819. The van der Waals surface area contributed by atoms with Gasteiger partial charge in [0.2, 0.25) is 6.41 Å².